The molecule has 0 heterocycles. The fraction of sp³-hybridized carbons (Fsp3) is 0.556. The van der Waals surface area contributed by atoms with Gasteiger partial charge >= 0.3 is 0 Å². The topological polar surface area (TPSA) is 74.8 Å². The van der Waals surface area contributed by atoms with E-state index >= 15 is 0 Å². The fourth-order valence-electron chi connectivity index (χ4n) is 2.39. The first kappa shape index (κ1) is 23.5. The van der Waals surface area contributed by atoms with E-state index in [1.54, 1.807) is 21.2 Å². The molecule has 25 heavy (non-hydrogen) atoms. The van der Waals surface area contributed by atoms with E-state index < -0.39 is 5.41 Å². The van der Waals surface area contributed by atoms with Gasteiger partial charge < -0.3 is 20.7 Å². The first-order valence-corrected chi connectivity index (χ1v) is 8.09. The third-order valence-electron chi connectivity index (χ3n) is 3.97. The lowest BCUT2D eigenvalue weighted by atomic mass is 9.92. The highest BCUT2D eigenvalue weighted by atomic mass is 127. The maximum absolute atomic E-state index is 11.9. The molecule has 0 saturated carbocycles. The molecule has 1 unspecified atom stereocenters. The average molecular weight is 462 g/mol. The molecule has 1 amide bonds. The zero-order chi connectivity index (χ0) is 18.3. The zero-order valence-electron chi connectivity index (χ0n) is 16.2. The SMILES string of the molecule is CN=C(NCC(C)(C)C(=O)NC)NC(C)c1cc(C)ccc1OC.I. The number of hydrogen-bond acceptors (Lipinski definition) is 3. The summed E-state index contributed by atoms with van der Waals surface area (Å²) in [5, 5.41) is 9.24. The lowest BCUT2D eigenvalue weighted by Crippen LogP contribution is -2.47. The van der Waals surface area contributed by atoms with Crippen LogP contribution in [-0.2, 0) is 4.79 Å². The number of nitrogens with one attached hydrogen (secondary N) is 3. The number of methoxy groups -OCH3 is 1. The second-order valence-corrected chi connectivity index (χ2v) is 6.50. The largest absolute Gasteiger partial charge is 0.496 e. The molecule has 1 rings (SSSR count). The van der Waals surface area contributed by atoms with Gasteiger partial charge in [-0.1, -0.05) is 17.7 Å². The number of nitrogens with zero attached hydrogens (tertiary/aromatic N) is 1. The van der Waals surface area contributed by atoms with Crippen LogP contribution in [0, 0.1) is 12.3 Å². The maximum Gasteiger partial charge on any atom is 0.227 e. The lowest BCUT2D eigenvalue weighted by Gasteiger charge is -2.26. The smallest absolute Gasteiger partial charge is 0.227 e. The number of carbonyl (C=O) groups excluding carboxylic acids is 1. The quantitative estimate of drug-likeness (QED) is 0.345. The van der Waals surface area contributed by atoms with Gasteiger partial charge in [0, 0.05) is 26.2 Å². The molecule has 0 bridgehead atoms. The normalized spacial score (nSPS) is 12.7. The van der Waals surface area contributed by atoms with Gasteiger partial charge in [0.25, 0.3) is 0 Å². The molecule has 0 saturated heterocycles. The van der Waals surface area contributed by atoms with Crippen LogP contribution in [0.15, 0.2) is 23.2 Å². The summed E-state index contributed by atoms with van der Waals surface area (Å²) in [7, 11) is 5.02. The van der Waals surface area contributed by atoms with Gasteiger partial charge in [-0.3, -0.25) is 9.79 Å². The minimum Gasteiger partial charge on any atom is -0.496 e. The van der Waals surface area contributed by atoms with E-state index in [9.17, 15) is 4.79 Å². The molecular formula is C18H31IN4O2. The minimum absolute atomic E-state index is 0. The molecule has 6 nitrogen and oxygen atoms in total. The number of aryl methyl sites for hydroxylation is 1. The van der Waals surface area contributed by atoms with Gasteiger partial charge in [0.1, 0.15) is 5.75 Å². The maximum atomic E-state index is 11.9. The molecule has 0 aliphatic heterocycles. The molecule has 142 valence electrons. The molecule has 1 aromatic rings. The van der Waals surface area contributed by atoms with Gasteiger partial charge in [0.15, 0.2) is 5.96 Å². The monoisotopic (exact) mass is 462 g/mol. The molecule has 1 atom stereocenters. The average Bonchev–Trinajstić information content (AvgIpc) is 2.57. The summed E-state index contributed by atoms with van der Waals surface area (Å²) in [4.78, 5) is 16.1. The van der Waals surface area contributed by atoms with Gasteiger partial charge in [-0.25, -0.2) is 0 Å². The van der Waals surface area contributed by atoms with Crippen molar-refractivity contribution in [3.63, 3.8) is 0 Å². The molecule has 3 N–H and O–H groups in total. The third kappa shape index (κ3) is 6.72. The van der Waals surface area contributed by atoms with Crippen molar-refractivity contribution in [1.29, 1.82) is 0 Å². The summed E-state index contributed by atoms with van der Waals surface area (Å²) in [6, 6.07) is 6.09. The predicted molar refractivity (Wildman–Crippen MR) is 114 cm³/mol. The molecule has 0 fully saturated rings. The first-order valence-electron chi connectivity index (χ1n) is 8.09. The Hall–Kier alpha value is -1.51. The van der Waals surface area contributed by atoms with Crippen LogP contribution >= 0.6 is 24.0 Å². The number of halogens is 1. The van der Waals surface area contributed by atoms with Gasteiger partial charge in [-0.15, -0.1) is 24.0 Å². The minimum atomic E-state index is -0.531. The Bertz CT molecular complexity index is 603. The second kappa shape index (κ2) is 10.5. The summed E-state index contributed by atoms with van der Waals surface area (Å²) in [6.07, 6.45) is 0. The summed E-state index contributed by atoms with van der Waals surface area (Å²) >= 11 is 0. The van der Waals surface area contributed by atoms with Crippen molar-refractivity contribution in [3.8, 4) is 5.75 Å². The molecule has 0 aliphatic rings. The second-order valence-electron chi connectivity index (χ2n) is 6.50. The Kier molecular flexibility index (Phi) is 9.84. The van der Waals surface area contributed by atoms with E-state index in [1.807, 2.05) is 32.9 Å². The zero-order valence-corrected chi connectivity index (χ0v) is 18.5. The van der Waals surface area contributed by atoms with Crippen molar-refractivity contribution in [1.82, 2.24) is 16.0 Å². The highest BCUT2D eigenvalue weighted by Crippen LogP contribution is 2.26. The van der Waals surface area contributed by atoms with E-state index in [0.717, 1.165) is 11.3 Å². The van der Waals surface area contributed by atoms with Crippen LogP contribution in [0.1, 0.15) is 37.9 Å². The number of benzene rings is 1. The predicted octanol–water partition coefficient (Wildman–Crippen LogP) is 2.62. The Morgan fingerprint density at radius 1 is 1.36 bits per heavy atom. The van der Waals surface area contributed by atoms with Gasteiger partial charge in [0.05, 0.1) is 18.6 Å². The van der Waals surface area contributed by atoms with E-state index in [-0.39, 0.29) is 35.9 Å². The van der Waals surface area contributed by atoms with E-state index in [2.05, 4.69) is 33.9 Å². The first-order chi connectivity index (χ1) is 11.2. The van der Waals surface area contributed by atoms with Crippen LogP contribution in [0.2, 0.25) is 0 Å². The van der Waals surface area contributed by atoms with E-state index in [1.165, 1.54) is 5.56 Å². The van der Waals surface area contributed by atoms with Crippen LogP contribution in [0.5, 0.6) is 5.75 Å². The van der Waals surface area contributed by atoms with Gasteiger partial charge in [-0.2, -0.15) is 0 Å². The number of guanidine groups is 1. The molecule has 0 radical (unpaired) electrons. The molecule has 0 spiro atoms. The summed E-state index contributed by atoms with van der Waals surface area (Å²) in [6.45, 7) is 8.35. The Morgan fingerprint density at radius 2 is 2.00 bits per heavy atom. The van der Waals surface area contributed by atoms with Crippen LogP contribution in [-0.4, -0.2) is 39.6 Å². The molecular weight excluding hydrogens is 431 g/mol. The standard InChI is InChI=1S/C18H30N4O2.HI/c1-12-8-9-15(24-7)14(10-12)13(2)22-17(20-6)21-11-18(3,4)16(23)19-5;/h8-10,13H,11H2,1-7H3,(H,19,23)(H2,20,21,22);1H. The highest BCUT2D eigenvalue weighted by molar-refractivity contribution is 14.0. The number of carbonyl (C=O) groups is 1. The van der Waals surface area contributed by atoms with Crippen molar-refractivity contribution < 1.29 is 9.53 Å². The Morgan fingerprint density at radius 3 is 2.52 bits per heavy atom. The third-order valence-corrected chi connectivity index (χ3v) is 3.97. The Balaban J connectivity index is 0.00000576. The van der Waals surface area contributed by atoms with E-state index in [0.29, 0.717) is 12.5 Å². The summed E-state index contributed by atoms with van der Waals surface area (Å²) < 4.78 is 5.44. The highest BCUT2D eigenvalue weighted by Gasteiger charge is 2.27. The van der Waals surface area contributed by atoms with Crippen LogP contribution in [0.25, 0.3) is 0 Å². The van der Waals surface area contributed by atoms with Crippen molar-refractivity contribution in [3.05, 3.63) is 29.3 Å². The van der Waals surface area contributed by atoms with Crippen LogP contribution in [0.4, 0.5) is 0 Å². The van der Waals surface area contributed by atoms with Gasteiger partial charge in [-0.05, 0) is 33.8 Å². The van der Waals surface area contributed by atoms with Gasteiger partial charge in [0.2, 0.25) is 5.91 Å². The van der Waals surface area contributed by atoms with E-state index in [4.69, 9.17) is 4.74 Å². The van der Waals surface area contributed by atoms with Crippen LogP contribution < -0.4 is 20.7 Å². The lowest BCUT2D eigenvalue weighted by molar-refractivity contribution is -0.128. The molecule has 7 heteroatoms. The number of ether oxygens (including phenoxy) is 1. The van der Waals surface area contributed by atoms with Crippen molar-refractivity contribution >= 4 is 35.8 Å². The van der Waals surface area contributed by atoms with Crippen molar-refractivity contribution in [2.75, 3.05) is 27.7 Å². The number of hydrogen-bond donors (Lipinski definition) is 3. The Labute approximate surface area is 168 Å². The number of aliphatic imine (C=N–C) groups is 1. The van der Waals surface area contributed by atoms with Crippen molar-refractivity contribution in [2.45, 2.75) is 33.7 Å². The number of rotatable bonds is 6. The fourth-order valence-corrected chi connectivity index (χ4v) is 2.39. The summed E-state index contributed by atoms with van der Waals surface area (Å²) in [5.41, 5.74) is 1.70. The van der Waals surface area contributed by atoms with Crippen molar-refractivity contribution in [2.24, 2.45) is 10.4 Å². The molecule has 0 aromatic heterocycles. The number of amides is 1. The molecule has 1 aromatic carbocycles. The summed E-state index contributed by atoms with van der Waals surface area (Å²) in [5.74, 6) is 1.46. The van der Waals surface area contributed by atoms with Crippen LogP contribution in [0.3, 0.4) is 0 Å². The molecule has 0 aliphatic carbocycles.